The summed E-state index contributed by atoms with van der Waals surface area (Å²) in [5, 5.41) is 3.75. The smallest absolute Gasteiger partial charge is 0.00953 e. The van der Waals surface area contributed by atoms with E-state index >= 15 is 0 Å². The van der Waals surface area contributed by atoms with E-state index in [0.29, 0.717) is 0 Å². The Morgan fingerprint density at radius 3 is 2.28 bits per heavy atom. The fourth-order valence-electron chi connectivity index (χ4n) is 3.34. The molecule has 0 bridgehead atoms. The van der Waals surface area contributed by atoms with Crippen LogP contribution in [0.25, 0.3) is 0 Å². The Balaban J connectivity index is 1.97. The second kappa shape index (κ2) is 10.8. The Bertz CT molecular complexity index is 178. The van der Waals surface area contributed by atoms with Gasteiger partial charge in [-0.25, -0.2) is 0 Å². The van der Waals surface area contributed by atoms with Crippen molar-refractivity contribution in [2.75, 3.05) is 6.54 Å². The first-order valence-electron chi connectivity index (χ1n) is 8.61. The molecule has 0 spiro atoms. The van der Waals surface area contributed by atoms with Crippen molar-refractivity contribution in [1.82, 2.24) is 5.32 Å². The molecule has 2 unspecified atom stereocenters. The zero-order chi connectivity index (χ0) is 13.1. The van der Waals surface area contributed by atoms with Gasteiger partial charge >= 0.3 is 0 Å². The molecule has 18 heavy (non-hydrogen) atoms. The van der Waals surface area contributed by atoms with Gasteiger partial charge in [-0.1, -0.05) is 65.2 Å². The third-order valence-electron chi connectivity index (χ3n) is 4.49. The summed E-state index contributed by atoms with van der Waals surface area (Å²) in [6.07, 6.45) is 17.3. The Labute approximate surface area is 115 Å². The van der Waals surface area contributed by atoms with Gasteiger partial charge in [-0.05, 0) is 38.1 Å². The van der Waals surface area contributed by atoms with Gasteiger partial charge in [-0.15, -0.1) is 0 Å². The number of hydrogen-bond acceptors (Lipinski definition) is 1. The van der Waals surface area contributed by atoms with Crippen LogP contribution in [0.5, 0.6) is 0 Å². The maximum absolute atomic E-state index is 3.75. The number of rotatable bonds is 11. The van der Waals surface area contributed by atoms with Crippen molar-refractivity contribution in [1.29, 1.82) is 0 Å². The molecule has 0 aromatic rings. The van der Waals surface area contributed by atoms with Crippen molar-refractivity contribution in [2.24, 2.45) is 5.92 Å². The van der Waals surface area contributed by atoms with E-state index in [9.17, 15) is 0 Å². The molecule has 1 rings (SSSR count). The van der Waals surface area contributed by atoms with Crippen molar-refractivity contribution >= 4 is 0 Å². The van der Waals surface area contributed by atoms with Gasteiger partial charge in [0.05, 0.1) is 0 Å². The highest BCUT2D eigenvalue weighted by atomic mass is 14.9. The van der Waals surface area contributed by atoms with Crippen molar-refractivity contribution < 1.29 is 0 Å². The number of unbranched alkanes of at least 4 members (excludes halogenated alkanes) is 6. The van der Waals surface area contributed by atoms with Gasteiger partial charge in [0.2, 0.25) is 0 Å². The fourth-order valence-corrected chi connectivity index (χ4v) is 3.34. The SMILES string of the molecule is CCCCCCCCCC1CCCC1NCCC. The number of nitrogens with one attached hydrogen (secondary N) is 1. The summed E-state index contributed by atoms with van der Waals surface area (Å²) in [7, 11) is 0. The average Bonchev–Trinajstić information content (AvgIpc) is 2.83. The van der Waals surface area contributed by atoms with Crippen molar-refractivity contribution in [2.45, 2.75) is 96.9 Å². The molecule has 0 heterocycles. The van der Waals surface area contributed by atoms with Crippen LogP contribution in [-0.2, 0) is 0 Å². The van der Waals surface area contributed by atoms with Crippen molar-refractivity contribution in [3.63, 3.8) is 0 Å². The predicted molar refractivity (Wildman–Crippen MR) is 82.0 cm³/mol. The zero-order valence-electron chi connectivity index (χ0n) is 12.8. The van der Waals surface area contributed by atoms with Gasteiger partial charge in [-0.2, -0.15) is 0 Å². The summed E-state index contributed by atoms with van der Waals surface area (Å²) in [6.45, 7) is 5.79. The molecular weight excluding hydrogens is 218 g/mol. The van der Waals surface area contributed by atoms with Crippen LogP contribution in [0.4, 0.5) is 0 Å². The zero-order valence-corrected chi connectivity index (χ0v) is 12.8. The minimum absolute atomic E-state index is 0.852. The maximum atomic E-state index is 3.75. The lowest BCUT2D eigenvalue weighted by Gasteiger charge is -2.20. The fraction of sp³-hybridized carbons (Fsp3) is 1.00. The number of hydrogen-bond donors (Lipinski definition) is 1. The van der Waals surface area contributed by atoms with Crippen molar-refractivity contribution in [3.05, 3.63) is 0 Å². The molecular formula is C17H35N. The normalized spacial score (nSPS) is 23.7. The summed E-state index contributed by atoms with van der Waals surface area (Å²) in [4.78, 5) is 0. The Hall–Kier alpha value is -0.0400. The molecule has 1 nitrogen and oxygen atoms in total. The lowest BCUT2D eigenvalue weighted by molar-refractivity contribution is 0.365. The quantitative estimate of drug-likeness (QED) is 0.493. The second-order valence-electron chi connectivity index (χ2n) is 6.16. The van der Waals surface area contributed by atoms with Crippen molar-refractivity contribution in [3.8, 4) is 0 Å². The standard InChI is InChI=1S/C17H35N/c1-3-5-6-7-8-9-10-12-16-13-11-14-17(16)18-15-4-2/h16-18H,3-15H2,1-2H3. The van der Waals surface area contributed by atoms with Crippen LogP contribution >= 0.6 is 0 Å². The van der Waals surface area contributed by atoms with Gasteiger partial charge in [-0.3, -0.25) is 0 Å². The van der Waals surface area contributed by atoms with Gasteiger partial charge < -0.3 is 5.32 Å². The van der Waals surface area contributed by atoms with Crippen LogP contribution < -0.4 is 5.32 Å². The third-order valence-corrected chi connectivity index (χ3v) is 4.49. The summed E-state index contributed by atoms with van der Waals surface area (Å²) in [5.41, 5.74) is 0. The van der Waals surface area contributed by atoms with E-state index in [0.717, 1.165) is 12.0 Å². The molecule has 108 valence electrons. The van der Waals surface area contributed by atoms with Crippen LogP contribution in [0.1, 0.15) is 90.9 Å². The molecule has 0 aromatic heterocycles. The molecule has 1 aliphatic rings. The minimum atomic E-state index is 0.852. The predicted octanol–water partition coefficient (Wildman–Crippen LogP) is 5.30. The van der Waals surface area contributed by atoms with E-state index in [-0.39, 0.29) is 0 Å². The summed E-state index contributed by atoms with van der Waals surface area (Å²) < 4.78 is 0. The highest BCUT2D eigenvalue weighted by Gasteiger charge is 2.25. The van der Waals surface area contributed by atoms with Crippen LogP contribution in [0.3, 0.4) is 0 Å². The van der Waals surface area contributed by atoms with Gasteiger partial charge in [0, 0.05) is 6.04 Å². The highest BCUT2D eigenvalue weighted by Crippen LogP contribution is 2.30. The van der Waals surface area contributed by atoms with Gasteiger partial charge in [0.15, 0.2) is 0 Å². The van der Waals surface area contributed by atoms with Gasteiger partial charge in [0.25, 0.3) is 0 Å². The highest BCUT2D eigenvalue weighted by molar-refractivity contribution is 4.82. The van der Waals surface area contributed by atoms with E-state index < -0.39 is 0 Å². The third kappa shape index (κ3) is 6.78. The summed E-state index contributed by atoms with van der Waals surface area (Å²) >= 11 is 0. The van der Waals surface area contributed by atoms with Crippen LogP contribution in [0, 0.1) is 5.92 Å². The molecule has 1 fully saturated rings. The van der Waals surface area contributed by atoms with Crippen LogP contribution in [0.15, 0.2) is 0 Å². The van der Waals surface area contributed by atoms with Gasteiger partial charge in [0.1, 0.15) is 0 Å². The molecule has 0 radical (unpaired) electrons. The average molecular weight is 253 g/mol. The molecule has 0 aromatic carbocycles. The topological polar surface area (TPSA) is 12.0 Å². The summed E-state index contributed by atoms with van der Waals surface area (Å²) in [5.74, 6) is 0.993. The van der Waals surface area contributed by atoms with E-state index in [1.54, 1.807) is 0 Å². The molecule has 0 aliphatic heterocycles. The first-order valence-corrected chi connectivity index (χ1v) is 8.61. The molecule has 1 heteroatoms. The molecule has 2 atom stereocenters. The first kappa shape index (κ1) is 16.0. The Morgan fingerprint density at radius 1 is 0.833 bits per heavy atom. The maximum Gasteiger partial charge on any atom is 0.00953 e. The molecule has 1 aliphatic carbocycles. The monoisotopic (exact) mass is 253 g/mol. The Kier molecular flexibility index (Phi) is 9.65. The molecule has 1 saturated carbocycles. The molecule has 0 saturated heterocycles. The largest absolute Gasteiger partial charge is 0.314 e. The lowest BCUT2D eigenvalue weighted by atomic mass is 9.95. The molecule has 1 N–H and O–H groups in total. The minimum Gasteiger partial charge on any atom is -0.314 e. The van der Waals surface area contributed by atoms with E-state index in [1.165, 1.54) is 83.6 Å². The molecule has 0 amide bonds. The van der Waals surface area contributed by atoms with E-state index in [4.69, 9.17) is 0 Å². The van der Waals surface area contributed by atoms with E-state index in [1.807, 2.05) is 0 Å². The lowest BCUT2D eigenvalue weighted by Crippen LogP contribution is -2.32. The summed E-state index contributed by atoms with van der Waals surface area (Å²) in [6, 6.07) is 0.852. The van der Waals surface area contributed by atoms with E-state index in [2.05, 4.69) is 19.2 Å². The Morgan fingerprint density at radius 2 is 1.56 bits per heavy atom. The second-order valence-corrected chi connectivity index (χ2v) is 6.16. The van der Waals surface area contributed by atoms with Crippen LogP contribution in [-0.4, -0.2) is 12.6 Å². The van der Waals surface area contributed by atoms with Crippen LogP contribution in [0.2, 0.25) is 0 Å². The first-order chi connectivity index (χ1) is 8.88.